The third-order valence-electron chi connectivity index (χ3n) is 5.70. The van der Waals surface area contributed by atoms with Crippen LogP contribution in [0.4, 0.5) is 22.7 Å². The molecule has 0 aliphatic heterocycles. The summed E-state index contributed by atoms with van der Waals surface area (Å²) in [6, 6.07) is 25.6. The van der Waals surface area contributed by atoms with E-state index in [0.29, 0.717) is 27.4 Å². The Bertz CT molecular complexity index is 1560. The Morgan fingerprint density at radius 1 is 0.769 bits per heavy atom. The average molecular weight is 543 g/mol. The Balaban J connectivity index is 1.57. The van der Waals surface area contributed by atoms with E-state index in [1.165, 1.54) is 48.2 Å². The summed E-state index contributed by atoms with van der Waals surface area (Å²) in [5, 5.41) is 27.1. The Kier molecular flexibility index (Phi) is 8.32. The van der Waals surface area contributed by atoms with Gasteiger partial charge in [0.1, 0.15) is 5.25 Å². The van der Waals surface area contributed by atoms with Gasteiger partial charge >= 0.3 is 0 Å². The first-order chi connectivity index (χ1) is 18.7. The van der Waals surface area contributed by atoms with Crippen LogP contribution in [0.5, 0.6) is 0 Å². The molecule has 0 aliphatic carbocycles. The lowest BCUT2D eigenvalue weighted by Crippen LogP contribution is -2.19. The van der Waals surface area contributed by atoms with Gasteiger partial charge in [0.25, 0.3) is 17.3 Å². The summed E-state index contributed by atoms with van der Waals surface area (Å²) in [6.45, 7) is 1.75. The number of anilines is 2. The van der Waals surface area contributed by atoms with Crippen molar-refractivity contribution in [1.82, 2.24) is 0 Å². The molecular formula is C28H22N4O6S. The van der Waals surface area contributed by atoms with Crippen LogP contribution >= 0.6 is 11.8 Å². The minimum Gasteiger partial charge on any atom is -0.324 e. The molecule has 0 aliphatic rings. The highest BCUT2D eigenvalue weighted by Gasteiger charge is 2.24. The molecule has 0 saturated carbocycles. The minimum absolute atomic E-state index is 0.132. The molecule has 4 aromatic carbocycles. The molecule has 0 bridgehead atoms. The second-order valence-electron chi connectivity index (χ2n) is 8.44. The number of nitro groups is 2. The van der Waals surface area contributed by atoms with E-state index < -0.39 is 21.0 Å². The summed E-state index contributed by atoms with van der Waals surface area (Å²) in [7, 11) is 0. The van der Waals surface area contributed by atoms with Gasteiger partial charge in [0.2, 0.25) is 5.91 Å². The SMILES string of the molecule is Cc1ccc([N+](=O)[O-])cc1NC(=O)C(Sc1cccc(NC(=O)c2cccc([N+](=O)[O-])c2)c1)c1ccccc1. The lowest BCUT2D eigenvalue weighted by molar-refractivity contribution is -0.385. The fourth-order valence-electron chi connectivity index (χ4n) is 3.70. The number of benzene rings is 4. The summed E-state index contributed by atoms with van der Waals surface area (Å²) in [4.78, 5) is 48.0. The van der Waals surface area contributed by atoms with Gasteiger partial charge in [-0.15, -0.1) is 11.8 Å². The molecule has 1 unspecified atom stereocenters. The van der Waals surface area contributed by atoms with Crippen LogP contribution in [0.25, 0.3) is 0 Å². The van der Waals surface area contributed by atoms with E-state index in [0.717, 1.165) is 0 Å². The maximum Gasteiger partial charge on any atom is 0.271 e. The fraction of sp³-hybridized carbons (Fsp3) is 0.0714. The number of carbonyl (C=O) groups is 2. The largest absolute Gasteiger partial charge is 0.324 e. The maximum atomic E-state index is 13.5. The molecule has 10 nitrogen and oxygen atoms in total. The lowest BCUT2D eigenvalue weighted by atomic mass is 10.1. The molecule has 0 aromatic heterocycles. The molecule has 0 spiro atoms. The fourth-order valence-corrected chi connectivity index (χ4v) is 4.79. The number of aryl methyl sites for hydroxylation is 1. The van der Waals surface area contributed by atoms with Crippen molar-refractivity contribution < 1.29 is 19.4 Å². The van der Waals surface area contributed by atoms with Gasteiger partial charge in [-0.25, -0.2) is 0 Å². The average Bonchev–Trinajstić information content (AvgIpc) is 2.93. The number of nitrogens with zero attached hydrogens (tertiary/aromatic N) is 2. The van der Waals surface area contributed by atoms with Crippen molar-refractivity contribution in [2.45, 2.75) is 17.1 Å². The zero-order valence-electron chi connectivity index (χ0n) is 20.6. The lowest BCUT2D eigenvalue weighted by Gasteiger charge is -2.18. The van der Waals surface area contributed by atoms with Crippen molar-refractivity contribution in [1.29, 1.82) is 0 Å². The van der Waals surface area contributed by atoms with Crippen molar-refractivity contribution in [2.24, 2.45) is 0 Å². The maximum absolute atomic E-state index is 13.5. The Morgan fingerprint density at radius 2 is 1.46 bits per heavy atom. The van der Waals surface area contributed by atoms with Crippen LogP contribution in [0.1, 0.15) is 26.7 Å². The Hall–Kier alpha value is -5.03. The van der Waals surface area contributed by atoms with Crippen molar-refractivity contribution in [3.63, 3.8) is 0 Å². The molecule has 4 aromatic rings. The first-order valence-corrected chi connectivity index (χ1v) is 12.5. The van der Waals surface area contributed by atoms with Crippen LogP contribution in [-0.4, -0.2) is 21.7 Å². The molecule has 0 fully saturated rings. The molecular weight excluding hydrogens is 520 g/mol. The van der Waals surface area contributed by atoms with Gasteiger partial charge < -0.3 is 10.6 Å². The molecule has 39 heavy (non-hydrogen) atoms. The second kappa shape index (κ2) is 12.0. The minimum atomic E-state index is -0.715. The van der Waals surface area contributed by atoms with E-state index in [1.807, 2.05) is 30.3 Å². The molecule has 196 valence electrons. The standard InChI is InChI=1S/C28H22N4O6S/c1-18-13-14-23(32(37)38)17-25(18)30-28(34)26(19-7-3-2-4-8-19)39-24-12-6-10-21(16-24)29-27(33)20-9-5-11-22(15-20)31(35)36/h2-17,26H,1H3,(H,29,33)(H,30,34). The first kappa shape index (κ1) is 27.0. The smallest absolute Gasteiger partial charge is 0.271 e. The predicted octanol–water partition coefficient (Wildman–Crippen LogP) is 6.54. The number of thioether (sulfide) groups is 1. The number of nitro benzene ring substituents is 2. The molecule has 11 heteroatoms. The predicted molar refractivity (Wildman–Crippen MR) is 149 cm³/mol. The highest BCUT2D eigenvalue weighted by molar-refractivity contribution is 8.00. The van der Waals surface area contributed by atoms with Crippen molar-refractivity contribution >= 4 is 46.3 Å². The van der Waals surface area contributed by atoms with Gasteiger partial charge in [-0.2, -0.15) is 0 Å². The number of hydrogen-bond acceptors (Lipinski definition) is 7. The van der Waals surface area contributed by atoms with Gasteiger partial charge in [-0.1, -0.05) is 48.5 Å². The summed E-state index contributed by atoms with van der Waals surface area (Å²) >= 11 is 1.24. The van der Waals surface area contributed by atoms with Crippen LogP contribution < -0.4 is 10.6 Å². The van der Waals surface area contributed by atoms with Gasteiger partial charge in [-0.05, 0) is 42.3 Å². The third kappa shape index (κ3) is 6.84. The summed E-state index contributed by atoms with van der Waals surface area (Å²) < 4.78 is 0. The van der Waals surface area contributed by atoms with E-state index in [9.17, 15) is 29.8 Å². The van der Waals surface area contributed by atoms with Crippen LogP contribution in [0.15, 0.2) is 102 Å². The molecule has 2 amide bonds. The van der Waals surface area contributed by atoms with Crippen molar-refractivity contribution in [3.8, 4) is 0 Å². The quantitative estimate of drug-likeness (QED) is 0.139. The molecule has 0 radical (unpaired) electrons. The third-order valence-corrected chi connectivity index (χ3v) is 6.94. The van der Waals surface area contributed by atoms with Crippen LogP contribution in [0.3, 0.4) is 0 Å². The zero-order valence-corrected chi connectivity index (χ0v) is 21.4. The first-order valence-electron chi connectivity index (χ1n) is 11.6. The Labute approximate surface area is 227 Å². The summed E-state index contributed by atoms with van der Waals surface area (Å²) in [6.07, 6.45) is 0. The van der Waals surface area contributed by atoms with Crippen LogP contribution in [-0.2, 0) is 4.79 Å². The number of amides is 2. The molecule has 4 rings (SSSR count). The van der Waals surface area contributed by atoms with Gasteiger partial charge in [0.15, 0.2) is 0 Å². The van der Waals surface area contributed by atoms with E-state index >= 15 is 0 Å². The molecule has 0 saturated heterocycles. The molecule has 2 N–H and O–H groups in total. The van der Waals surface area contributed by atoms with Crippen molar-refractivity contribution in [2.75, 3.05) is 10.6 Å². The van der Waals surface area contributed by atoms with E-state index in [1.54, 1.807) is 37.3 Å². The van der Waals surface area contributed by atoms with Crippen molar-refractivity contribution in [3.05, 3.63) is 134 Å². The van der Waals surface area contributed by atoms with Gasteiger partial charge in [0.05, 0.1) is 15.5 Å². The molecule has 0 heterocycles. The van der Waals surface area contributed by atoms with E-state index in [4.69, 9.17) is 0 Å². The van der Waals surface area contributed by atoms with Gasteiger partial charge in [-0.3, -0.25) is 29.8 Å². The van der Waals surface area contributed by atoms with E-state index in [-0.39, 0.29) is 22.8 Å². The number of nitrogens with one attached hydrogen (secondary N) is 2. The highest BCUT2D eigenvalue weighted by Crippen LogP contribution is 2.37. The number of non-ortho nitro benzene ring substituents is 2. The zero-order chi connectivity index (χ0) is 27.9. The Morgan fingerprint density at radius 3 is 2.18 bits per heavy atom. The second-order valence-corrected chi connectivity index (χ2v) is 9.62. The monoisotopic (exact) mass is 542 g/mol. The normalized spacial score (nSPS) is 11.3. The topological polar surface area (TPSA) is 144 Å². The summed E-state index contributed by atoms with van der Waals surface area (Å²) in [5.74, 6) is -0.889. The van der Waals surface area contributed by atoms with Crippen LogP contribution in [0.2, 0.25) is 0 Å². The highest BCUT2D eigenvalue weighted by atomic mass is 32.2. The molecule has 1 atom stereocenters. The number of hydrogen-bond donors (Lipinski definition) is 2. The number of carbonyl (C=O) groups excluding carboxylic acids is 2. The summed E-state index contributed by atoms with van der Waals surface area (Å²) in [5.41, 5.74) is 1.99. The van der Waals surface area contributed by atoms with Gasteiger partial charge in [0, 0.05) is 40.4 Å². The number of rotatable bonds is 9. The van der Waals surface area contributed by atoms with Crippen LogP contribution in [0, 0.1) is 27.2 Å². The van der Waals surface area contributed by atoms with E-state index in [2.05, 4.69) is 10.6 Å².